The van der Waals surface area contributed by atoms with Gasteiger partial charge in [-0.3, -0.25) is 0 Å². The van der Waals surface area contributed by atoms with E-state index >= 15 is 0 Å². The van der Waals surface area contributed by atoms with Gasteiger partial charge in [0.1, 0.15) is 5.75 Å². The predicted molar refractivity (Wildman–Crippen MR) is 95.0 cm³/mol. The molecular formula is C19H16BNO. The van der Waals surface area contributed by atoms with E-state index in [1.165, 1.54) is 27.5 Å². The smallest absolute Gasteiger partial charge is 0.313 e. The summed E-state index contributed by atoms with van der Waals surface area (Å²) in [4.78, 5) is 0. The Morgan fingerprint density at radius 3 is 2.36 bits per heavy atom. The number of fused-ring (bicyclic) bond motifs is 2. The third-order valence-electron chi connectivity index (χ3n) is 4.17. The minimum atomic E-state index is 0.194. The number of anilines is 1. The van der Waals surface area contributed by atoms with E-state index in [4.69, 9.17) is 4.74 Å². The monoisotopic (exact) mass is 285 g/mol. The molecule has 0 spiro atoms. The van der Waals surface area contributed by atoms with Crippen molar-refractivity contribution in [3.63, 3.8) is 0 Å². The number of rotatable bonds is 2. The molecule has 0 atom stereocenters. The lowest BCUT2D eigenvalue weighted by Crippen LogP contribution is -2.38. The second-order valence-electron chi connectivity index (χ2n) is 5.54. The zero-order valence-corrected chi connectivity index (χ0v) is 12.4. The third kappa shape index (κ3) is 2.25. The highest BCUT2D eigenvalue weighted by atomic mass is 16.5. The molecule has 2 nitrogen and oxygen atoms in total. The van der Waals surface area contributed by atoms with Crippen LogP contribution in [0.2, 0.25) is 0 Å². The Balaban J connectivity index is 1.70. The molecule has 3 aromatic carbocycles. The van der Waals surface area contributed by atoms with Gasteiger partial charge in [-0.25, -0.2) is 0 Å². The summed E-state index contributed by atoms with van der Waals surface area (Å²) in [5.74, 6) is 3.09. The molecule has 0 aliphatic carbocycles. The van der Waals surface area contributed by atoms with Crippen LogP contribution in [0.15, 0.2) is 66.6 Å². The molecule has 0 saturated carbocycles. The van der Waals surface area contributed by atoms with E-state index in [1.807, 2.05) is 12.1 Å². The van der Waals surface area contributed by atoms with E-state index in [9.17, 15) is 0 Å². The lowest BCUT2D eigenvalue weighted by Gasteiger charge is -2.21. The van der Waals surface area contributed by atoms with Crippen molar-refractivity contribution in [1.82, 2.24) is 0 Å². The summed E-state index contributed by atoms with van der Waals surface area (Å²) >= 11 is 0. The van der Waals surface area contributed by atoms with Gasteiger partial charge in [-0.1, -0.05) is 53.9 Å². The van der Waals surface area contributed by atoms with Crippen LogP contribution >= 0.6 is 0 Å². The van der Waals surface area contributed by atoms with Gasteiger partial charge in [-0.15, -0.1) is 0 Å². The van der Waals surface area contributed by atoms with Gasteiger partial charge in [0.2, 0.25) is 0 Å². The van der Waals surface area contributed by atoms with Crippen LogP contribution in [-0.2, 0) is 0 Å². The Hall–Kier alpha value is -2.68. The molecule has 0 aromatic heterocycles. The van der Waals surface area contributed by atoms with Crippen LogP contribution in [0.1, 0.15) is 5.56 Å². The number of hydrogen-bond acceptors (Lipinski definition) is 2. The van der Waals surface area contributed by atoms with Gasteiger partial charge < -0.3 is 9.96 Å². The molecule has 0 amide bonds. The number of methoxy groups -OCH3 is 1. The lowest BCUT2D eigenvalue weighted by atomic mass is 9.54. The Bertz CT molecular complexity index is 855. The van der Waals surface area contributed by atoms with Crippen molar-refractivity contribution in [2.75, 3.05) is 12.3 Å². The normalized spacial score (nSPS) is 12.9. The van der Waals surface area contributed by atoms with Gasteiger partial charge in [0, 0.05) is 5.69 Å². The van der Waals surface area contributed by atoms with Gasteiger partial charge >= 0.3 is 6.85 Å². The number of hydrogen-bond donors (Lipinski definition) is 1. The molecule has 106 valence electrons. The summed E-state index contributed by atoms with van der Waals surface area (Å²) in [5.41, 5.74) is 3.65. The van der Waals surface area contributed by atoms with E-state index in [0.29, 0.717) is 0 Å². The number of nitrogens with one attached hydrogen (secondary N) is 1. The summed E-state index contributed by atoms with van der Waals surface area (Å²) < 4.78 is 5.22. The molecule has 0 bridgehead atoms. The third-order valence-corrected chi connectivity index (χ3v) is 4.17. The first-order chi connectivity index (χ1) is 10.8. The van der Waals surface area contributed by atoms with E-state index in [-0.39, 0.29) is 6.85 Å². The average molecular weight is 285 g/mol. The predicted octanol–water partition coefficient (Wildman–Crippen LogP) is 3.73. The SMILES string of the molecule is COc1ccc(B2C=Cc3cc4ccccc4cc3N2)cc1. The molecule has 1 heterocycles. The molecule has 0 fully saturated rings. The minimum Gasteiger partial charge on any atom is -0.497 e. The fraction of sp³-hybridized carbons (Fsp3) is 0.0526. The van der Waals surface area contributed by atoms with E-state index in [0.717, 1.165) is 5.75 Å². The first-order valence-corrected chi connectivity index (χ1v) is 7.45. The molecule has 0 saturated heterocycles. The Morgan fingerprint density at radius 2 is 1.64 bits per heavy atom. The van der Waals surface area contributed by atoms with Crippen LogP contribution < -0.4 is 15.4 Å². The molecule has 1 aliphatic heterocycles. The molecular weight excluding hydrogens is 269 g/mol. The minimum absolute atomic E-state index is 0.194. The van der Waals surface area contributed by atoms with Crippen molar-refractivity contribution < 1.29 is 4.74 Å². The molecule has 3 aromatic rings. The zero-order valence-electron chi connectivity index (χ0n) is 12.4. The van der Waals surface area contributed by atoms with Crippen molar-refractivity contribution in [3.05, 3.63) is 72.2 Å². The summed E-state index contributed by atoms with van der Waals surface area (Å²) in [6.45, 7) is 0.194. The largest absolute Gasteiger partial charge is 0.497 e. The molecule has 22 heavy (non-hydrogen) atoms. The summed E-state index contributed by atoms with van der Waals surface area (Å²) in [7, 11) is 1.69. The molecule has 1 N–H and O–H groups in total. The topological polar surface area (TPSA) is 21.3 Å². The van der Waals surface area contributed by atoms with E-state index < -0.39 is 0 Å². The van der Waals surface area contributed by atoms with Crippen LogP contribution in [0.25, 0.3) is 16.8 Å². The van der Waals surface area contributed by atoms with Gasteiger partial charge in [-0.2, -0.15) is 0 Å². The summed E-state index contributed by atoms with van der Waals surface area (Å²) in [6.07, 6.45) is 2.20. The Morgan fingerprint density at radius 1 is 0.909 bits per heavy atom. The average Bonchev–Trinajstić information content (AvgIpc) is 2.59. The highest BCUT2D eigenvalue weighted by Crippen LogP contribution is 2.28. The maximum Gasteiger partial charge on any atom is 0.313 e. The van der Waals surface area contributed by atoms with Gasteiger partial charge in [0.15, 0.2) is 0 Å². The van der Waals surface area contributed by atoms with Crippen molar-refractivity contribution in [1.29, 1.82) is 0 Å². The van der Waals surface area contributed by atoms with Crippen LogP contribution in [0.4, 0.5) is 5.69 Å². The molecule has 0 radical (unpaired) electrons. The van der Waals surface area contributed by atoms with Crippen LogP contribution in [0.5, 0.6) is 5.75 Å². The highest BCUT2D eigenvalue weighted by molar-refractivity contribution is 6.81. The quantitative estimate of drug-likeness (QED) is 0.724. The first kappa shape index (κ1) is 13.0. The van der Waals surface area contributed by atoms with Crippen molar-refractivity contribution >= 4 is 34.8 Å². The van der Waals surface area contributed by atoms with Crippen LogP contribution in [-0.4, -0.2) is 14.0 Å². The second kappa shape index (κ2) is 5.26. The first-order valence-electron chi connectivity index (χ1n) is 7.45. The van der Waals surface area contributed by atoms with Crippen molar-refractivity contribution in [2.45, 2.75) is 0 Å². The maximum absolute atomic E-state index is 5.22. The zero-order chi connectivity index (χ0) is 14.9. The van der Waals surface area contributed by atoms with E-state index in [1.54, 1.807) is 7.11 Å². The van der Waals surface area contributed by atoms with Crippen LogP contribution in [0, 0.1) is 0 Å². The summed E-state index contributed by atoms with van der Waals surface area (Å²) in [6, 6.07) is 21.1. The molecule has 4 rings (SSSR count). The summed E-state index contributed by atoms with van der Waals surface area (Å²) in [5, 5.41) is 6.15. The number of ether oxygens (including phenoxy) is 1. The van der Waals surface area contributed by atoms with Gasteiger partial charge in [0.05, 0.1) is 7.11 Å². The van der Waals surface area contributed by atoms with Crippen molar-refractivity contribution in [2.24, 2.45) is 0 Å². The number of benzene rings is 3. The fourth-order valence-corrected chi connectivity index (χ4v) is 2.94. The van der Waals surface area contributed by atoms with Crippen LogP contribution in [0.3, 0.4) is 0 Å². The van der Waals surface area contributed by atoms with Gasteiger partial charge in [0.25, 0.3) is 0 Å². The van der Waals surface area contributed by atoms with Crippen molar-refractivity contribution in [3.8, 4) is 5.75 Å². The Labute approximate surface area is 130 Å². The fourth-order valence-electron chi connectivity index (χ4n) is 2.94. The lowest BCUT2D eigenvalue weighted by molar-refractivity contribution is 0.415. The molecule has 0 unspecified atom stereocenters. The van der Waals surface area contributed by atoms with Gasteiger partial charge in [-0.05, 0) is 40.6 Å². The maximum atomic E-state index is 5.22. The second-order valence-corrected chi connectivity index (χ2v) is 5.54. The standard InChI is InChI=1S/C19H16BNO/c1-22-18-8-6-17(7-9-18)20-11-10-16-12-14-4-2-3-5-15(14)13-19(16)21-20/h2-13,21H,1H3. The highest BCUT2D eigenvalue weighted by Gasteiger charge is 2.19. The molecule has 1 aliphatic rings. The van der Waals surface area contributed by atoms with E-state index in [2.05, 4.69) is 65.8 Å². The Kier molecular flexibility index (Phi) is 3.12. The molecule has 3 heteroatoms.